The van der Waals surface area contributed by atoms with Crippen molar-refractivity contribution < 1.29 is 0 Å². The molecule has 0 radical (unpaired) electrons. The maximum absolute atomic E-state index is 6.32. The van der Waals surface area contributed by atoms with Crippen LogP contribution in [-0.2, 0) is 0 Å². The van der Waals surface area contributed by atoms with Gasteiger partial charge in [0.15, 0.2) is 0 Å². The molecule has 0 aliphatic rings. The average Bonchev–Trinajstić information content (AvgIpc) is 2.65. The van der Waals surface area contributed by atoms with Crippen LogP contribution >= 0.6 is 62.1 Å². The lowest BCUT2D eigenvalue weighted by Crippen LogP contribution is -2.17. The summed E-state index contributed by atoms with van der Waals surface area (Å²) in [7, 11) is 1.86. The summed E-state index contributed by atoms with van der Waals surface area (Å²) in [5.41, 5.74) is 1.90. The van der Waals surface area contributed by atoms with Gasteiger partial charge in [0, 0.05) is 10.0 Å². The van der Waals surface area contributed by atoms with E-state index < -0.39 is 0 Å². The number of nitrogens with one attached hydrogen (secondary N) is 1. The highest BCUT2D eigenvalue weighted by Gasteiger charge is 2.20. The van der Waals surface area contributed by atoms with E-state index in [4.69, 9.17) is 34.8 Å². The average molecular weight is 386 g/mol. The molecule has 1 aromatic carbocycles. The molecule has 0 amide bonds. The van der Waals surface area contributed by atoms with Gasteiger partial charge in [0.25, 0.3) is 0 Å². The Morgan fingerprint density at radius 2 is 1.94 bits per heavy atom. The highest BCUT2D eigenvalue weighted by atomic mass is 79.9. The van der Waals surface area contributed by atoms with Gasteiger partial charge in [-0.05, 0) is 40.7 Å². The summed E-state index contributed by atoms with van der Waals surface area (Å²) in [6, 6.07) is 7.60. The quantitative estimate of drug-likeness (QED) is 0.706. The first-order valence-corrected chi connectivity index (χ1v) is 7.84. The molecule has 1 heterocycles. The minimum absolute atomic E-state index is 0.0775. The van der Waals surface area contributed by atoms with Crippen molar-refractivity contribution in [1.82, 2.24) is 5.32 Å². The fourth-order valence-electron chi connectivity index (χ4n) is 1.77. The molecule has 18 heavy (non-hydrogen) atoms. The number of hydrogen-bond donors (Lipinski definition) is 1. The van der Waals surface area contributed by atoms with Gasteiger partial charge in [0.2, 0.25) is 0 Å². The number of halogens is 4. The molecule has 0 aliphatic carbocycles. The SMILES string of the molecule is CNC(c1cc(Cl)sc1Cl)c1cccc(Br)c1Cl. The second-order valence-corrected chi connectivity index (χ2v) is 7.16. The molecule has 0 saturated heterocycles. The fourth-order valence-corrected chi connectivity index (χ4v) is 3.92. The van der Waals surface area contributed by atoms with E-state index >= 15 is 0 Å². The van der Waals surface area contributed by atoms with Crippen LogP contribution in [0.4, 0.5) is 0 Å². The summed E-state index contributed by atoms with van der Waals surface area (Å²) in [5.74, 6) is 0. The Bertz CT molecular complexity index is 570. The third-order valence-electron chi connectivity index (χ3n) is 2.58. The molecule has 2 aromatic rings. The predicted octanol–water partition coefficient (Wildman–Crippen LogP) is 5.78. The Morgan fingerprint density at radius 3 is 2.50 bits per heavy atom. The highest BCUT2D eigenvalue weighted by molar-refractivity contribution is 9.10. The maximum Gasteiger partial charge on any atom is 0.0995 e. The second kappa shape index (κ2) is 6.12. The lowest BCUT2D eigenvalue weighted by atomic mass is 10.0. The van der Waals surface area contributed by atoms with E-state index in [9.17, 15) is 0 Å². The third kappa shape index (κ3) is 2.87. The molecule has 0 saturated carbocycles. The number of benzene rings is 1. The number of rotatable bonds is 3. The molecule has 2 rings (SSSR count). The van der Waals surface area contributed by atoms with E-state index in [1.54, 1.807) is 0 Å². The van der Waals surface area contributed by atoms with Crippen molar-refractivity contribution in [2.45, 2.75) is 6.04 Å². The molecular formula is C12H9BrCl3NS. The lowest BCUT2D eigenvalue weighted by Gasteiger charge is -2.18. The van der Waals surface area contributed by atoms with E-state index in [0.717, 1.165) is 15.6 Å². The Hall–Kier alpha value is 0.230. The van der Waals surface area contributed by atoms with Gasteiger partial charge in [-0.25, -0.2) is 0 Å². The molecule has 1 aromatic heterocycles. The van der Waals surface area contributed by atoms with E-state index in [2.05, 4.69) is 21.2 Å². The fraction of sp³-hybridized carbons (Fsp3) is 0.167. The van der Waals surface area contributed by atoms with Crippen molar-refractivity contribution in [3.63, 3.8) is 0 Å². The summed E-state index contributed by atoms with van der Waals surface area (Å²) >= 11 is 23.3. The summed E-state index contributed by atoms with van der Waals surface area (Å²) < 4.78 is 2.20. The van der Waals surface area contributed by atoms with Gasteiger partial charge >= 0.3 is 0 Å². The van der Waals surface area contributed by atoms with Crippen molar-refractivity contribution in [1.29, 1.82) is 0 Å². The highest BCUT2D eigenvalue weighted by Crippen LogP contribution is 2.40. The van der Waals surface area contributed by atoms with Crippen LogP contribution in [0.15, 0.2) is 28.7 Å². The lowest BCUT2D eigenvalue weighted by molar-refractivity contribution is 0.694. The van der Waals surface area contributed by atoms with Crippen molar-refractivity contribution in [2.75, 3.05) is 7.05 Å². The van der Waals surface area contributed by atoms with Crippen molar-refractivity contribution >= 4 is 62.1 Å². The Balaban J connectivity index is 2.52. The van der Waals surface area contributed by atoms with Gasteiger partial charge in [0.1, 0.15) is 0 Å². The van der Waals surface area contributed by atoms with Crippen LogP contribution in [0.1, 0.15) is 17.2 Å². The first-order chi connectivity index (χ1) is 8.54. The van der Waals surface area contributed by atoms with Gasteiger partial charge in [-0.2, -0.15) is 0 Å². The zero-order valence-corrected chi connectivity index (χ0v) is 14.0. The van der Waals surface area contributed by atoms with Gasteiger partial charge < -0.3 is 5.32 Å². The number of hydrogen-bond acceptors (Lipinski definition) is 2. The van der Waals surface area contributed by atoms with E-state index in [-0.39, 0.29) is 6.04 Å². The molecule has 0 spiro atoms. The van der Waals surface area contributed by atoms with Crippen LogP contribution in [0.5, 0.6) is 0 Å². The van der Waals surface area contributed by atoms with Gasteiger partial charge in [-0.3, -0.25) is 0 Å². The Kier molecular flexibility index (Phi) is 4.98. The molecule has 1 nitrogen and oxygen atoms in total. The maximum atomic E-state index is 6.32. The van der Waals surface area contributed by atoms with Gasteiger partial charge in [-0.1, -0.05) is 46.9 Å². The molecule has 1 unspecified atom stereocenters. The molecule has 1 N–H and O–H groups in total. The summed E-state index contributed by atoms with van der Waals surface area (Å²) in [6.45, 7) is 0. The van der Waals surface area contributed by atoms with E-state index in [0.29, 0.717) is 13.7 Å². The van der Waals surface area contributed by atoms with Crippen molar-refractivity contribution in [3.8, 4) is 0 Å². The molecule has 6 heteroatoms. The first kappa shape index (κ1) is 14.6. The monoisotopic (exact) mass is 383 g/mol. The second-order valence-electron chi connectivity index (χ2n) is 3.64. The largest absolute Gasteiger partial charge is 0.309 e. The number of thiophene rings is 1. The molecular weight excluding hydrogens is 376 g/mol. The predicted molar refractivity (Wildman–Crippen MR) is 84.4 cm³/mol. The molecule has 0 fully saturated rings. The van der Waals surface area contributed by atoms with E-state index in [1.807, 2.05) is 31.3 Å². The topological polar surface area (TPSA) is 12.0 Å². The summed E-state index contributed by atoms with van der Waals surface area (Å²) in [5, 5.41) is 3.89. The third-order valence-corrected chi connectivity index (χ3v) is 5.40. The Labute approximate surface area is 133 Å². The molecule has 1 atom stereocenters. The van der Waals surface area contributed by atoms with Crippen LogP contribution in [0.25, 0.3) is 0 Å². The minimum Gasteiger partial charge on any atom is -0.309 e. The standard InChI is InChI=1S/C12H9BrCl3NS/c1-17-11(7-5-9(14)18-12(7)16)6-3-2-4-8(13)10(6)15/h2-5,11,17H,1H3. The van der Waals surface area contributed by atoms with Crippen LogP contribution in [0.2, 0.25) is 13.7 Å². The molecule has 0 aliphatic heterocycles. The zero-order chi connectivity index (χ0) is 13.3. The van der Waals surface area contributed by atoms with Crippen LogP contribution in [-0.4, -0.2) is 7.05 Å². The Morgan fingerprint density at radius 1 is 1.22 bits per heavy atom. The zero-order valence-electron chi connectivity index (χ0n) is 9.31. The van der Waals surface area contributed by atoms with E-state index in [1.165, 1.54) is 11.3 Å². The molecule has 96 valence electrons. The van der Waals surface area contributed by atoms with Crippen LogP contribution in [0.3, 0.4) is 0 Å². The minimum atomic E-state index is -0.0775. The van der Waals surface area contributed by atoms with Crippen LogP contribution < -0.4 is 5.32 Å². The van der Waals surface area contributed by atoms with Crippen LogP contribution in [0, 0.1) is 0 Å². The summed E-state index contributed by atoms with van der Waals surface area (Å²) in [4.78, 5) is 0. The summed E-state index contributed by atoms with van der Waals surface area (Å²) in [6.07, 6.45) is 0. The normalized spacial score (nSPS) is 12.7. The first-order valence-electron chi connectivity index (χ1n) is 5.10. The molecule has 0 bridgehead atoms. The van der Waals surface area contributed by atoms with Gasteiger partial charge in [-0.15, -0.1) is 11.3 Å². The smallest absolute Gasteiger partial charge is 0.0995 e. The van der Waals surface area contributed by atoms with Gasteiger partial charge in [0.05, 0.1) is 19.7 Å². The van der Waals surface area contributed by atoms with Crippen molar-refractivity contribution in [3.05, 3.63) is 53.6 Å². The van der Waals surface area contributed by atoms with Crippen molar-refractivity contribution in [2.24, 2.45) is 0 Å².